The third kappa shape index (κ3) is 3.37. The number of carbonyl (C=O) groups excluding carboxylic acids is 1. The number of carbonyl (C=O) groups is 1. The Morgan fingerprint density at radius 1 is 1.58 bits per heavy atom. The average Bonchev–Trinajstić information content (AvgIpc) is 2.88. The van der Waals surface area contributed by atoms with Gasteiger partial charge < -0.3 is 10.0 Å². The molecular weight excluding hydrogens is 262 g/mol. The molecule has 102 valence electrons. The number of hydrogen-bond donors (Lipinski definition) is 1. The van der Waals surface area contributed by atoms with Gasteiger partial charge in [0.1, 0.15) is 0 Å². The first-order valence-corrected chi connectivity index (χ1v) is 6.85. The van der Waals surface area contributed by atoms with Gasteiger partial charge in [-0.15, -0.1) is 0 Å². The van der Waals surface area contributed by atoms with Crippen LogP contribution >= 0.6 is 11.6 Å². The highest BCUT2D eigenvalue weighted by Crippen LogP contribution is 2.19. The molecule has 1 saturated heterocycles. The van der Waals surface area contributed by atoms with Crippen molar-refractivity contribution in [3.05, 3.63) is 40.4 Å². The highest BCUT2D eigenvalue weighted by Gasteiger charge is 2.26. The molecule has 1 aliphatic heterocycles. The lowest BCUT2D eigenvalue weighted by atomic mass is 10.1. The standard InChI is InChI=1S/C15H18ClNO2/c1-11-4-5-12(9-14(11)16)6-7-15(19)17-8-2-3-13(17)10-18/h4-7,9,13,18H,2-3,8,10H2,1H3. The molecule has 1 N–H and O–H groups in total. The van der Waals surface area contributed by atoms with Gasteiger partial charge in [0.2, 0.25) is 5.91 Å². The molecule has 1 unspecified atom stereocenters. The number of aliphatic hydroxyl groups is 1. The van der Waals surface area contributed by atoms with Gasteiger partial charge in [-0.25, -0.2) is 0 Å². The minimum atomic E-state index is -0.0479. The molecule has 0 spiro atoms. The smallest absolute Gasteiger partial charge is 0.246 e. The Kier molecular flexibility index (Phi) is 4.61. The lowest BCUT2D eigenvalue weighted by Gasteiger charge is -2.21. The van der Waals surface area contributed by atoms with Gasteiger partial charge in [0.15, 0.2) is 0 Å². The summed E-state index contributed by atoms with van der Waals surface area (Å²) in [5, 5.41) is 9.90. The maximum atomic E-state index is 12.0. The zero-order valence-corrected chi connectivity index (χ0v) is 11.7. The summed E-state index contributed by atoms with van der Waals surface area (Å²) >= 11 is 6.04. The van der Waals surface area contributed by atoms with Crippen molar-refractivity contribution in [2.45, 2.75) is 25.8 Å². The summed E-state index contributed by atoms with van der Waals surface area (Å²) in [6.07, 6.45) is 5.16. The van der Waals surface area contributed by atoms with Crippen LogP contribution in [0.1, 0.15) is 24.0 Å². The Labute approximate surface area is 118 Å². The first-order chi connectivity index (χ1) is 9.11. The number of rotatable bonds is 3. The second kappa shape index (κ2) is 6.22. The quantitative estimate of drug-likeness (QED) is 0.864. The number of likely N-dealkylation sites (tertiary alicyclic amines) is 1. The molecule has 0 saturated carbocycles. The van der Waals surface area contributed by atoms with E-state index in [1.54, 1.807) is 17.1 Å². The summed E-state index contributed by atoms with van der Waals surface area (Å²) < 4.78 is 0. The van der Waals surface area contributed by atoms with Crippen LogP contribution in [0.5, 0.6) is 0 Å². The Balaban J connectivity index is 2.05. The third-order valence-corrected chi connectivity index (χ3v) is 3.89. The number of benzene rings is 1. The first kappa shape index (κ1) is 14.1. The first-order valence-electron chi connectivity index (χ1n) is 6.47. The van der Waals surface area contributed by atoms with Crippen LogP contribution < -0.4 is 0 Å². The van der Waals surface area contributed by atoms with Crippen LogP contribution in [0, 0.1) is 6.92 Å². The van der Waals surface area contributed by atoms with E-state index in [1.165, 1.54) is 0 Å². The molecule has 1 amide bonds. The largest absolute Gasteiger partial charge is 0.394 e. The van der Waals surface area contributed by atoms with E-state index in [-0.39, 0.29) is 18.6 Å². The van der Waals surface area contributed by atoms with Crippen LogP contribution in [0.2, 0.25) is 5.02 Å². The van der Waals surface area contributed by atoms with E-state index in [9.17, 15) is 9.90 Å². The summed E-state index contributed by atoms with van der Waals surface area (Å²) in [5.41, 5.74) is 1.92. The summed E-state index contributed by atoms with van der Waals surface area (Å²) in [6.45, 7) is 2.70. The van der Waals surface area contributed by atoms with E-state index in [2.05, 4.69) is 0 Å². The van der Waals surface area contributed by atoms with Crippen LogP contribution in [0.3, 0.4) is 0 Å². The molecule has 1 aromatic carbocycles. The summed E-state index contributed by atoms with van der Waals surface area (Å²) in [5.74, 6) is -0.0479. The molecule has 4 heteroatoms. The molecular formula is C15H18ClNO2. The van der Waals surface area contributed by atoms with Crippen molar-refractivity contribution in [3.63, 3.8) is 0 Å². The van der Waals surface area contributed by atoms with Crippen molar-refractivity contribution in [3.8, 4) is 0 Å². The maximum absolute atomic E-state index is 12.0. The van der Waals surface area contributed by atoms with E-state index < -0.39 is 0 Å². The van der Waals surface area contributed by atoms with Gasteiger partial charge in [-0.3, -0.25) is 4.79 Å². The zero-order chi connectivity index (χ0) is 13.8. The fourth-order valence-corrected chi connectivity index (χ4v) is 2.48. The van der Waals surface area contributed by atoms with Crippen LogP contribution in [0.15, 0.2) is 24.3 Å². The molecule has 2 rings (SSSR count). The van der Waals surface area contributed by atoms with Crippen molar-refractivity contribution < 1.29 is 9.90 Å². The van der Waals surface area contributed by atoms with Crippen LogP contribution in [-0.2, 0) is 4.79 Å². The molecule has 1 heterocycles. The van der Waals surface area contributed by atoms with Crippen molar-refractivity contribution in [1.29, 1.82) is 0 Å². The number of aryl methyl sites for hydroxylation is 1. The van der Waals surface area contributed by atoms with Crippen LogP contribution in [0.4, 0.5) is 0 Å². The van der Waals surface area contributed by atoms with E-state index in [0.29, 0.717) is 5.02 Å². The molecule has 0 bridgehead atoms. The van der Waals surface area contributed by atoms with Crippen molar-refractivity contribution in [2.75, 3.05) is 13.2 Å². The molecule has 0 aliphatic carbocycles. The van der Waals surface area contributed by atoms with Gasteiger partial charge in [0, 0.05) is 17.6 Å². The van der Waals surface area contributed by atoms with Crippen LogP contribution in [0.25, 0.3) is 6.08 Å². The SMILES string of the molecule is Cc1ccc(C=CC(=O)N2CCCC2CO)cc1Cl. The number of nitrogens with zero attached hydrogens (tertiary/aromatic N) is 1. The fourth-order valence-electron chi connectivity index (χ4n) is 2.29. The van der Waals surface area contributed by atoms with Gasteiger partial charge in [-0.1, -0.05) is 23.7 Å². The minimum Gasteiger partial charge on any atom is -0.394 e. The van der Waals surface area contributed by atoms with Crippen molar-refractivity contribution >= 4 is 23.6 Å². The fraction of sp³-hybridized carbons (Fsp3) is 0.400. The highest BCUT2D eigenvalue weighted by molar-refractivity contribution is 6.31. The number of aliphatic hydroxyl groups excluding tert-OH is 1. The average molecular weight is 280 g/mol. The number of amides is 1. The Morgan fingerprint density at radius 3 is 3.05 bits per heavy atom. The summed E-state index contributed by atoms with van der Waals surface area (Å²) in [7, 11) is 0. The predicted molar refractivity (Wildman–Crippen MR) is 77.0 cm³/mol. The van der Waals surface area contributed by atoms with Gasteiger partial charge >= 0.3 is 0 Å². The van der Waals surface area contributed by atoms with Gasteiger partial charge in [0.25, 0.3) is 0 Å². The normalized spacial score (nSPS) is 19.3. The molecule has 19 heavy (non-hydrogen) atoms. The Bertz CT molecular complexity index is 499. The lowest BCUT2D eigenvalue weighted by Crippen LogP contribution is -2.36. The predicted octanol–water partition coefficient (Wildman–Crippen LogP) is 2.64. The van der Waals surface area contributed by atoms with E-state index in [1.807, 2.05) is 25.1 Å². The lowest BCUT2D eigenvalue weighted by molar-refractivity contribution is -0.127. The molecule has 0 radical (unpaired) electrons. The summed E-state index contributed by atoms with van der Waals surface area (Å²) in [4.78, 5) is 13.8. The van der Waals surface area contributed by atoms with Crippen LogP contribution in [-0.4, -0.2) is 35.1 Å². The van der Waals surface area contributed by atoms with E-state index in [4.69, 9.17) is 11.6 Å². The molecule has 0 aromatic heterocycles. The molecule has 1 aromatic rings. The molecule has 3 nitrogen and oxygen atoms in total. The van der Waals surface area contributed by atoms with Gasteiger partial charge in [0.05, 0.1) is 12.6 Å². The zero-order valence-electron chi connectivity index (χ0n) is 11.0. The number of hydrogen-bond acceptors (Lipinski definition) is 2. The van der Waals surface area contributed by atoms with E-state index in [0.717, 1.165) is 30.5 Å². The number of halogens is 1. The Hall–Kier alpha value is -1.32. The second-order valence-corrected chi connectivity index (χ2v) is 5.26. The topological polar surface area (TPSA) is 40.5 Å². The molecule has 1 fully saturated rings. The minimum absolute atomic E-state index is 0.0289. The Morgan fingerprint density at radius 2 is 2.37 bits per heavy atom. The van der Waals surface area contributed by atoms with Gasteiger partial charge in [-0.05, 0) is 43.0 Å². The molecule has 1 atom stereocenters. The van der Waals surface area contributed by atoms with Crippen molar-refractivity contribution in [1.82, 2.24) is 4.90 Å². The summed E-state index contributed by atoms with van der Waals surface area (Å²) in [6, 6.07) is 5.67. The molecule has 1 aliphatic rings. The van der Waals surface area contributed by atoms with Crippen molar-refractivity contribution in [2.24, 2.45) is 0 Å². The highest BCUT2D eigenvalue weighted by atomic mass is 35.5. The van der Waals surface area contributed by atoms with Gasteiger partial charge in [-0.2, -0.15) is 0 Å². The second-order valence-electron chi connectivity index (χ2n) is 4.85. The maximum Gasteiger partial charge on any atom is 0.246 e. The monoisotopic (exact) mass is 279 g/mol. The third-order valence-electron chi connectivity index (χ3n) is 3.49. The van der Waals surface area contributed by atoms with E-state index >= 15 is 0 Å².